The highest BCUT2D eigenvalue weighted by Gasteiger charge is 2.17. The van der Waals surface area contributed by atoms with Crippen molar-refractivity contribution in [2.75, 3.05) is 5.32 Å². The van der Waals surface area contributed by atoms with Gasteiger partial charge >= 0.3 is 12.0 Å². The van der Waals surface area contributed by atoms with Gasteiger partial charge < -0.3 is 15.7 Å². The lowest BCUT2D eigenvalue weighted by atomic mass is 10.1. The van der Waals surface area contributed by atoms with Crippen LogP contribution in [0.1, 0.15) is 24.5 Å². The van der Waals surface area contributed by atoms with E-state index in [4.69, 9.17) is 5.11 Å². The summed E-state index contributed by atoms with van der Waals surface area (Å²) in [4.78, 5) is 22.4. The summed E-state index contributed by atoms with van der Waals surface area (Å²) in [6, 6.07) is 4.26. The van der Waals surface area contributed by atoms with Gasteiger partial charge in [-0.2, -0.15) is 0 Å². The molecule has 0 heterocycles. The predicted molar refractivity (Wildman–Crippen MR) is 69.8 cm³/mol. The summed E-state index contributed by atoms with van der Waals surface area (Å²) in [5, 5.41) is 13.9. The van der Waals surface area contributed by atoms with Gasteiger partial charge in [0.2, 0.25) is 0 Å². The lowest BCUT2D eigenvalue weighted by Gasteiger charge is -2.14. The van der Waals surface area contributed by atoms with E-state index in [-0.39, 0.29) is 0 Å². The van der Waals surface area contributed by atoms with Gasteiger partial charge in [0, 0.05) is 5.69 Å². The topological polar surface area (TPSA) is 78.4 Å². The highest BCUT2D eigenvalue weighted by atomic mass is 16.4. The summed E-state index contributed by atoms with van der Waals surface area (Å²) in [6.45, 7) is 5.56. The second-order valence-corrected chi connectivity index (χ2v) is 4.22. The number of benzene rings is 1. The zero-order valence-electron chi connectivity index (χ0n) is 10.8. The predicted octanol–water partition coefficient (Wildman–Crippen LogP) is 2.29. The average Bonchev–Trinajstić information content (AvgIpc) is 2.29. The van der Waals surface area contributed by atoms with Crippen molar-refractivity contribution in [3.05, 3.63) is 29.3 Å². The standard InChI is InChI=1S/C13H18N2O3/c1-4-10(12(16)17)14-13(18)15-11-6-5-8(2)7-9(11)3/h5-7,10H,4H2,1-3H3,(H,16,17)(H2,14,15,18)/t10-/m1/s1. The van der Waals surface area contributed by atoms with E-state index < -0.39 is 18.0 Å². The molecule has 98 valence electrons. The Morgan fingerprint density at radius 2 is 2.00 bits per heavy atom. The highest BCUT2D eigenvalue weighted by Crippen LogP contribution is 2.15. The number of amides is 2. The van der Waals surface area contributed by atoms with E-state index in [2.05, 4.69) is 10.6 Å². The quantitative estimate of drug-likeness (QED) is 0.767. The number of aliphatic carboxylic acids is 1. The summed E-state index contributed by atoms with van der Waals surface area (Å²) in [6.07, 6.45) is 0.343. The van der Waals surface area contributed by atoms with Gasteiger partial charge in [-0.05, 0) is 31.9 Å². The fourth-order valence-corrected chi connectivity index (χ4v) is 1.61. The van der Waals surface area contributed by atoms with Crippen molar-refractivity contribution in [1.29, 1.82) is 0 Å². The molecule has 0 aliphatic heterocycles. The van der Waals surface area contributed by atoms with Crippen LogP contribution < -0.4 is 10.6 Å². The molecule has 0 unspecified atom stereocenters. The first-order chi connectivity index (χ1) is 8.43. The zero-order chi connectivity index (χ0) is 13.7. The minimum atomic E-state index is -1.03. The number of carboxylic acids is 1. The fourth-order valence-electron chi connectivity index (χ4n) is 1.61. The summed E-state index contributed by atoms with van der Waals surface area (Å²) in [5.41, 5.74) is 2.72. The molecule has 1 aromatic carbocycles. The number of hydrogen-bond donors (Lipinski definition) is 3. The molecule has 0 saturated heterocycles. The Labute approximate surface area is 106 Å². The molecular formula is C13H18N2O3. The Morgan fingerprint density at radius 1 is 1.33 bits per heavy atom. The van der Waals surface area contributed by atoms with Crippen molar-refractivity contribution >= 4 is 17.7 Å². The van der Waals surface area contributed by atoms with Crippen molar-refractivity contribution in [1.82, 2.24) is 5.32 Å². The van der Waals surface area contributed by atoms with Crippen molar-refractivity contribution in [3.63, 3.8) is 0 Å². The van der Waals surface area contributed by atoms with Gasteiger partial charge in [0.15, 0.2) is 0 Å². The highest BCUT2D eigenvalue weighted by molar-refractivity contribution is 5.92. The Hall–Kier alpha value is -2.04. The van der Waals surface area contributed by atoms with E-state index in [1.807, 2.05) is 26.0 Å². The Bertz CT molecular complexity index is 458. The van der Waals surface area contributed by atoms with Crippen LogP contribution in [0, 0.1) is 13.8 Å². The van der Waals surface area contributed by atoms with Crippen LogP contribution in [0.4, 0.5) is 10.5 Å². The van der Waals surface area contributed by atoms with Crippen molar-refractivity contribution < 1.29 is 14.7 Å². The van der Waals surface area contributed by atoms with Crippen LogP contribution in [0.15, 0.2) is 18.2 Å². The van der Waals surface area contributed by atoms with Crippen LogP contribution in [0.3, 0.4) is 0 Å². The number of nitrogens with one attached hydrogen (secondary N) is 2. The van der Waals surface area contributed by atoms with Crippen LogP contribution in [0.5, 0.6) is 0 Å². The van der Waals surface area contributed by atoms with E-state index in [1.54, 1.807) is 13.0 Å². The second kappa shape index (κ2) is 6.05. The molecule has 2 amide bonds. The number of urea groups is 1. The molecule has 0 fully saturated rings. The molecule has 0 spiro atoms. The third-order valence-electron chi connectivity index (χ3n) is 2.64. The smallest absolute Gasteiger partial charge is 0.326 e. The van der Waals surface area contributed by atoms with Crippen LogP contribution >= 0.6 is 0 Å². The van der Waals surface area contributed by atoms with Gasteiger partial charge in [0.1, 0.15) is 6.04 Å². The molecule has 3 N–H and O–H groups in total. The molecule has 1 rings (SSSR count). The lowest BCUT2D eigenvalue weighted by Crippen LogP contribution is -2.42. The minimum Gasteiger partial charge on any atom is -0.480 e. The zero-order valence-corrected chi connectivity index (χ0v) is 10.8. The Kier molecular flexibility index (Phi) is 4.71. The first-order valence-corrected chi connectivity index (χ1v) is 5.81. The first kappa shape index (κ1) is 14.0. The summed E-state index contributed by atoms with van der Waals surface area (Å²) < 4.78 is 0. The maximum atomic E-state index is 11.6. The van der Waals surface area contributed by atoms with E-state index >= 15 is 0 Å². The van der Waals surface area contributed by atoms with Crippen molar-refractivity contribution in [2.45, 2.75) is 33.2 Å². The van der Waals surface area contributed by atoms with E-state index in [9.17, 15) is 9.59 Å². The van der Waals surface area contributed by atoms with Crippen LogP contribution in [0.2, 0.25) is 0 Å². The number of anilines is 1. The maximum Gasteiger partial charge on any atom is 0.326 e. The van der Waals surface area contributed by atoms with Gasteiger partial charge in [-0.15, -0.1) is 0 Å². The van der Waals surface area contributed by atoms with Gasteiger partial charge in [-0.1, -0.05) is 24.6 Å². The van der Waals surface area contributed by atoms with E-state index in [1.165, 1.54) is 0 Å². The van der Waals surface area contributed by atoms with E-state index in [0.29, 0.717) is 12.1 Å². The molecule has 0 aromatic heterocycles. The summed E-state index contributed by atoms with van der Waals surface area (Å²) >= 11 is 0. The van der Waals surface area contributed by atoms with Gasteiger partial charge in [0.05, 0.1) is 0 Å². The third-order valence-corrected chi connectivity index (χ3v) is 2.64. The fraction of sp³-hybridized carbons (Fsp3) is 0.385. The molecule has 0 saturated carbocycles. The van der Waals surface area contributed by atoms with E-state index in [0.717, 1.165) is 11.1 Å². The molecule has 5 nitrogen and oxygen atoms in total. The normalized spacial score (nSPS) is 11.7. The van der Waals surface area contributed by atoms with Crippen LogP contribution in [-0.4, -0.2) is 23.1 Å². The summed E-state index contributed by atoms with van der Waals surface area (Å²) in [5.74, 6) is -1.03. The number of carboxylic acid groups (broad SMARTS) is 1. The molecule has 0 bridgehead atoms. The number of carbonyl (C=O) groups is 2. The molecular weight excluding hydrogens is 232 g/mol. The molecule has 18 heavy (non-hydrogen) atoms. The van der Waals surface area contributed by atoms with Gasteiger partial charge in [-0.25, -0.2) is 9.59 Å². The van der Waals surface area contributed by atoms with Gasteiger partial charge in [-0.3, -0.25) is 0 Å². The second-order valence-electron chi connectivity index (χ2n) is 4.22. The molecule has 5 heteroatoms. The minimum absolute atomic E-state index is 0.343. The molecule has 0 radical (unpaired) electrons. The number of hydrogen-bond acceptors (Lipinski definition) is 2. The lowest BCUT2D eigenvalue weighted by molar-refractivity contribution is -0.139. The number of aryl methyl sites for hydroxylation is 2. The molecule has 1 atom stereocenters. The largest absolute Gasteiger partial charge is 0.480 e. The Morgan fingerprint density at radius 3 is 2.50 bits per heavy atom. The number of rotatable bonds is 4. The SMILES string of the molecule is CC[C@@H](NC(=O)Nc1ccc(C)cc1C)C(=O)O. The van der Waals surface area contributed by atoms with Crippen LogP contribution in [0.25, 0.3) is 0 Å². The van der Waals surface area contributed by atoms with Gasteiger partial charge in [0.25, 0.3) is 0 Å². The molecule has 1 aromatic rings. The van der Waals surface area contributed by atoms with Crippen LogP contribution in [-0.2, 0) is 4.79 Å². The third kappa shape index (κ3) is 3.76. The Balaban J connectivity index is 2.67. The average molecular weight is 250 g/mol. The summed E-state index contributed by atoms with van der Waals surface area (Å²) in [7, 11) is 0. The van der Waals surface area contributed by atoms with Crippen molar-refractivity contribution in [3.8, 4) is 0 Å². The first-order valence-electron chi connectivity index (χ1n) is 5.81. The maximum absolute atomic E-state index is 11.6. The van der Waals surface area contributed by atoms with Crippen molar-refractivity contribution in [2.24, 2.45) is 0 Å². The molecule has 0 aliphatic carbocycles. The monoisotopic (exact) mass is 250 g/mol. The molecule has 0 aliphatic rings. The number of carbonyl (C=O) groups excluding carboxylic acids is 1.